The van der Waals surface area contributed by atoms with Gasteiger partial charge < -0.3 is 4.74 Å². The molecule has 116 valence electrons. The zero-order valence-electron chi connectivity index (χ0n) is 12.6. The molecule has 1 aromatic carbocycles. The Morgan fingerprint density at radius 2 is 2.29 bits per heavy atom. The first kappa shape index (κ1) is 16.6. The predicted molar refractivity (Wildman–Crippen MR) is 84.8 cm³/mol. The number of ether oxygens (including phenoxy) is 1. The number of benzene rings is 1. The second-order valence-corrected chi connectivity index (χ2v) is 6.83. The van der Waals surface area contributed by atoms with Crippen LogP contribution in [0.15, 0.2) is 22.7 Å². The quantitative estimate of drug-likeness (QED) is 0.765. The maximum absolute atomic E-state index is 13.3. The van der Waals surface area contributed by atoms with Gasteiger partial charge in [0.2, 0.25) is 0 Å². The summed E-state index contributed by atoms with van der Waals surface area (Å²) in [5.41, 5.74) is 0.179. The largest absolute Gasteiger partial charge is 0.367 e. The number of Topliss-reactive ketones (excluding diaryl/α,β-unsaturated/α-hetero) is 1. The van der Waals surface area contributed by atoms with Gasteiger partial charge in [0.1, 0.15) is 11.4 Å². The Labute approximate surface area is 134 Å². The van der Waals surface area contributed by atoms with Crippen molar-refractivity contribution in [2.75, 3.05) is 6.61 Å². The number of halogens is 2. The molecule has 1 fully saturated rings. The van der Waals surface area contributed by atoms with Crippen LogP contribution in [-0.2, 0) is 16.0 Å². The average Bonchev–Trinajstić information content (AvgIpc) is 2.43. The van der Waals surface area contributed by atoms with Crippen molar-refractivity contribution in [3.8, 4) is 0 Å². The zero-order valence-corrected chi connectivity index (χ0v) is 14.2. The summed E-state index contributed by atoms with van der Waals surface area (Å²) in [6.07, 6.45) is 4.07. The third-order valence-corrected chi connectivity index (χ3v) is 4.84. The number of carbonyl (C=O) groups excluding carboxylic acids is 1. The highest BCUT2D eigenvalue weighted by Crippen LogP contribution is 2.36. The molecule has 0 saturated heterocycles. The fourth-order valence-corrected chi connectivity index (χ4v) is 3.67. The number of carbonyl (C=O) groups is 1. The number of hydrogen-bond acceptors (Lipinski definition) is 2. The Kier molecular flexibility index (Phi) is 5.55. The van der Waals surface area contributed by atoms with Crippen LogP contribution in [0.2, 0.25) is 0 Å². The molecule has 1 saturated carbocycles. The minimum Gasteiger partial charge on any atom is -0.367 e. The molecule has 0 heterocycles. The molecule has 2 nitrogen and oxygen atoms in total. The Hall–Kier alpha value is -0.740. The third-order valence-electron chi connectivity index (χ3n) is 4.23. The summed E-state index contributed by atoms with van der Waals surface area (Å²) in [4.78, 5) is 12.8. The molecule has 1 aliphatic carbocycles. The van der Waals surface area contributed by atoms with Crippen LogP contribution >= 0.6 is 15.9 Å². The molecular formula is C17H22BrFO2. The first-order valence-electron chi connectivity index (χ1n) is 7.58. The fraction of sp³-hybridized carbons (Fsp3) is 0.588. The lowest BCUT2D eigenvalue weighted by Gasteiger charge is -2.38. The van der Waals surface area contributed by atoms with E-state index in [-0.39, 0.29) is 11.6 Å². The van der Waals surface area contributed by atoms with Crippen molar-refractivity contribution in [1.29, 1.82) is 0 Å². The molecule has 0 amide bonds. The summed E-state index contributed by atoms with van der Waals surface area (Å²) in [5.74, 6) is 0.320. The van der Waals surface area contributed by atoms with Crippen LogP contribution in [-0.4, -0.2) is 18.0 Å². The Balaban J connectivity index is 2.16. The second kappa shape index (κ2) is 7.01. The summed E-state index contributed by atoms with van der Waals surface area (Å²) >= 11 is 3.17. The van der Waals surface area contributed by atoms with Gasteiger partial charge in [-0.3, -0.25) is 4.79 Å². The van der Waals surface area contributed by atoms with Gasteiger partial charge in [0.05, 0.1) is 4.47 Å². The molecule has 4 heteroatoms. The van der Waals surface area contributed by atoms with Crippen molar-refractivity contribution < 1.29 is 13.9 Å². The third kappa shape index (κ3) is 3.92. The Morgan fingerprint density at radius 1 is 1.52 bits per heavy atom. The van der Waals surface area contributed by atoms with Crippen molar-refractivity contribution in [1.82, 2.24) is 0 Å². The second-order valence-electron chi connectivity index (χ2n) is 5.98. The van der Waals surface area contributed by atoms with Gasteiger partial charge >= 0.3 is 0 Å². The van der Waals surface area contributed by atoms with Crippen molar-refractivity contribution in [2.45, 2.75) is 51.6 Å². The molecule has 1 aromatic rings. The molecular weight excluding hydrogens is 335 g/mol. The van der Waals surface area contributed by atoms with Gasteiger partial charge in [0.25, 0.3) is 0 Å². The molecule has 0 bridgehead atoms. The SMILES string of the molecule is CCOC1(C(=O)Cc2ccc(F)c(Br)c2)CCCC(C)C1. The summed E-state index contributed by atoms with van der Waals surface area (Å²) < 4.78 is 19.6. The van der Waals surface area contributed by atoms with Crippen LogP contribution in [0.25, 0.3) is 0 Å². The standard InChI is InChI=1S/C17H22BrFO2/c1-3-21-17(8-4-5-12(2)11-17)16(20)10-13-6-7-15(19)14(18)9-13/h6-7,9,12H,3-5,8,10-11H2,1-2H3. The normalized spacial score (nSPS) is 25.8. The molecule has 2 unspecified atom stereocenters. The van der Waals surface area contributed by atoms with Crippen LogP contribution in [0.1, 0.15) is 45.1 Å². The molecule has 0 spiro atoms. The highest BCUT2D eigenvalue weighted by Gasteiger charge is 2.41. The number of rotatable bonds is 5. The molecule has 1 aliphatic rings. The van der Waals surface area contributed by atoms with E-state index in [1.165, 1.54) is 6.07 Å². The van der Waals surface area contributed by atoms with Crippen LogP contribution < -0.4 is 0 Å². The topological polar surface area (TPSA) is 26.3 Å². The lowest BCUT2D eigenvalue weighted by molar-refractivity contribution is -0.150. The van der Waals surface area contributed by atoms with Gasteiger partial charge in [-0.25, -0.2) is 4.39 Å². The van der Waals surface area contributed by atoms with E-state index >= 15 is 0 Å². The van der Waals surface area contributed by atoms with Gasteiger partial charge in [-0.05, 0) is 65.7 Å². The molecule has 2 rings (SSSR count). The lowest BCUT2D eigenvalue weighted by Crippen LogP contribution is -2.46. The first-order chi connectivity index (χ1) is 9.97. The average molecular weight is 357 g/mol. The van der Waals surface area contributed by atoms with Crippen molar-refractivity contribution in [3.63, 3.8) is 0 Å². The predicted octanol–water partition coefficient (Wildman–Crippen LogP) is 4.69. The van der Waals surface area contributed by atoms with E-state index in [0.29, 0.717) is 23.4 Å². The van der Waals surface area contributed by atoms with E-state index in [0.717, 1.165) is 31.2 Å². The van der Waals surface area contributed by atoms with Gasteiger partial charge in [0, 0.05) is 13.0 Å². The zero-order chi connectivity index (χ0) is 15.5. The summed E-state index contributed by atoms with van der Waals surface area (Å²) in [6, 6.07) is 4.74. The minimum atomic E-state index is -0.646. The molecule has 0 aromatic heterocycles. The monoisotopic (exact) mass is 356 g/mol. The minimum absolute atomic E-state index is 0.120. The van der Waals surface area contributed by atoms with Gasteiger partial charge in [-0.15, -0.1) is 0 Å². The van der Waals surface area contributed by atoms with Crippen LogP contribution in [0.3, 0.4) is 0 Å². The van der Waals surface area contributed by atoms with Crippen molar-refractivity contribution in [3.05, 3.63) is 34.1 Å². The van der Waals surface area contributed by atoms with E-state index in [9.17, 15) is 9.18 Å². The van der Waals surface area contributed by atoms with E-state index in [1.54, 1.807) is 12.1 Å². The highest BCUT2D eigenvalue weighted by atomic mass is 79.9. The van der Waals surface area contributed by atoms with Crippen molar-refractivity contribution in [2.24, 2.45) is 5.92 Å². The lowest BCUT2D eigenvalue weighted by atomic mass is 9.75. The highest BCUT2D eigenvalue weighted by molar-refractivity contribution is 9.10. The van der Waals surface area contributed by atoms with Crippen molar-refractivity contribution >= 4 is 21.7 Å². The summed E-state index contributed by atoms with van der Waals surface area (Å²) in [7, 11) is 0. The first-order valence-corrected chi connectivity index (χ1v) is 8.37. The van der Waals surface area contributed by atoms with E-state index in [4.69, 9.17) is 4.74 Å². The smallest absolute Gasteiger partial charge is 0.168 e. The number of hydrogen-bond donors (Lipinski definition) is 0. The molecule has 0 N–H and O–H groups in total. The summed E-state index contributed by atoms with van der Waals surface area (Å²) in [6.45, 7) is 4.66. The van der Waals surface area contributed by atoms with E-state index in [2.05, 4.69) is 22.9 Å². The number of ketones is 1. The molecule has 2 atom stereocenters. The van der Waals surface area contributed by atoms with E-state index < -0.39 is 5.60 Å². The fourth-order valence-electron chi connectivity index (χ4n) is 3.24. The van der Waals surface area contributed by atoms with Gasteiger partial charge in [-0.1, -0.05) is 19.4 Å². The molecule has 0 aliphatic heterocycles. The maximum Gasteiger partial charge on any atom is 0.168 e. The maximum atomic E-state index is 13.3. The summed E-state index contributed by atoms with van der Waals surface area (Å²) in [5, 5.41) is 0. The Bertz CT molecular complexity index is 514. The van der Waals surface area contributed by atoms with Crippen LogP contribution in [0, 0.1) is 11.7 Å². The van der Waals surface area contributed by atoms with Gasteiger partial charge in [-0.2, -0.15) is 0 Å². The molecule has 0 radical (unpaired) electrons. The Morgan fingerprint density at radius 3 is 2.90 bits per heavy atom. The van der Waals surface area contributed by atoms with Crippen LogP contribution in [0.5, 0.6) is 0 Å². The van der Waals surface area contributed by atoms with E-state index in [1.807, 2.05) is 6.92 Å². The van der Waals surface area contributed by atoms with Gasteiger partial charge in [0.15, 0.2) is 5.78 Å². The molecule has 21 heavy (non-hydrogen) atoms. The van der Waals surface area contributed by atoms with Crippen LogP contribution in [0.4, 0.5) is 4.39 Å².